The zero-order valence-corrected chi connectivity index (χ0v) is 16.1. The fourth-order valence-electron chi connectivity index (χ4n) is 2.03. The third kappa shape index (κ3) is 10.1. The van der Waals surface area contributed by atoms with Gasteiger partial charge < -0.3 is 37.6 Å². The van der Waals surface area contributed by atoms with Gasteiger partial charge in [0.2, 0.25) is 17.7 Å². The summed E-state index contributed by atoms with van der Waals surface area (Å²) in [4.78, 5) is 46.9. The molecular weight excluding hydrogens is 378 g/mol. The van der Waals surface area contributed by atoms with E-state index < -0.39 is 54.5 Å². The minimum absolute atomic E-state index is 0.0985. The van der Waals surface area contributed by atoms with Crippen LogP contribution < -0.4 is 27.4 Å². The lowest BCUT2D eigenvalue weighted by molar-refractivity contribution is -0.144. The third-order valence-corrected chi connectivity index (χ3v) is 3.99. The number of thiol groups is 1. The second-order valence-corrected chi connectivity index (χ2v) is 6.34. The number of aliphatic hydroxyl groups excluding tert-OH is 1. The Hall–Kier alpha value is -1.89. The minimum Gasteiger partial charge on any atom is -0.480 e. The van der Waals surface area contributed by atoms with Crippen molar-refractivity contribution in [2.45, 2.75) is 50.4 Å². The number of amides is 3. The van der Waals surface area contributed by atoms with E-state index in [1.54, 1.807) is 0 Å². The van der Waals surface area contributed by atoms with Crippen molar-refractivity contribution in [3.63, 3.8) is 0 Å². The smallest absolute Gasteiger partial charge is 0.328 e. The van der Waals surface area contributed by atoms with Gasteiger partial charge in [0.15, 0.2) is 6.04 Å². The van der Waals surface area contributed by atoms with Gasteiger partial charge in [-0.2, -0.15) is 12.6 Å². The van der Waals surface area contributed by atoms with E-state index in [1.165, 1.54) is 6.92 Å². The summed E-state index contributed by atoms with van der Waals surface area (Å²) in [5.41, 5.74) is 11.0. The number of rotatable bonds is 13. The Morgan fingerprint density at radius 3 is 2.22 bits per heavy atom. The second kappa shape index (κ2) is 13.3. The SMILES string of the molecule is CC(O)C(NC(=O)CNC(=O)C(CCCCN)NC(=O)C(N)CS)C(=O)O. The first-order valence-electron chi connectivity index (χ1n) is 8.48. The molecule has 0 bridgehead atoms. The van der Waals surface area contributed by atoms with Gasteiger partial charge in [0.25, 0.3) is 0 Å². The fourth-order valence-corrected chi connectivity index (χ4v) is 2.19. The molecule has 0 saturated carbocycles. The van der Waals surface area contributed by atoms with Crippen LogP contribution in [-0.4, -0.2) is 77.0 Å². The molecule has 156 valence electrons. The Kier molecular flexibility index (Phi) is 12.4. The van der Waals surface area contributed by atoms with E-state index in [1.807, 2.05) is 0 Å². The summed E-state index contributed by atoms with van der Waals surface area (Å²) >= 11 is 3.92. The van der Waals surface area contributed by atoms with Crippen molar-refractivity contribution in [2.75, 3.05) is 18.8 Å². The van der Waals surface area contributed by atoms with Gasteiger partial charge >= 0.3 is 5.97 Å². The number of aliphatic carboxylic acids is 1. The number of carboxylic acids is 1. The van der Waals surface area contributed by atoms with Crippen LogP contribution in [0.3, 0.4) is 0 Å². The van der Waals surface area contributed by atoms with Gasteiger partial charge in [-0.15, -0.1) is 0 Å². The summed E-state index contributed by atoms with van der Waals surface area (Å²) in [5, 5.41) is 25.2. The number of carbonyl (C=O) groups is 4. The molecule has 0 saturated heterocycles. The molecule has 27 heavy (non-hydrogen) atoms. The first-order valence-corrected chi connectivity index (χ1v) is 9.12. The second-order valence-electron chi connectivity index (χ2n) is 5.98. The molecule has 0 aromatic heterocycles. The van der Waals surface area contributed by atoms with Crippen molar-refractivity contribution in [2.24, 2.45) is 11.5 Å². The molecule has 0 radical (unpaired) electrons. The van der Waals surface area contributed by atoms with E-state index in [2.05, 4.69) is 28.6 Å². The van der Waals surface area contributed by atoms with E-state index in [0.29, 0.717) is 25.8 Å². The van der Waals surface area contributed by atoms with E-state index in [0.717, 1.165) is 0 Å². The maximum Gasteiger partial charge on any atom is 0.328 e. The number of hydrogen-bond donors (Lipinski definition) is 8. The third-order valence-electron chi connectivity index (χ3n) is 3.60. The first kappa shape index (κ1) is 25.1. The molecule has 4 atom stereocenters. The van der Waals surface area contributed by atoms with Crippen molar-refractivity contribution in [3.05, 3.63) is 0 Å². The quantitative estimate of drug-likeness (QED) is 0.116. The lowest BCUT2D eigenvalue weighted by Gasteiger charge is -2.21. The first-order chi connectivity index (χ1) is 12.6. The maximum absolute atomic E-state index is 12.3. The molecule has 0 rings (SSSR count). The topological polar surface area (TPSA) is 197 Å². The standard InChI is InChI=1S/C15H29N5O6S/c1-8(21)12(15(25)26)20-11(22)6-18-14(24)10(4-2-3-5-16)19-13(23)9(17)7-27/h8-10,12,21,27H,2-7,16-17H2,1H3,(H,18,24)(H,19,23)(H,20,22)(H,25,26). The minimum atomic E-state index is -1.50. The van der Waals surface area contributed by atoms with Crippen LogP contribution in [0.2, 0.25) is 0 Å². The summed E-state index contributed by atoms with van der Waals surface area (Å²) in [6.45, 7) is 1.12. The normalized spacial score (nSPS) is 15.1. The van der Waals surface area contributed by atoms with Crippen molar-refractivity contribution in [3.8, 4) is 0 Å². The Morgan fingerprint density at radius 2 is 1.74 bits per heavy atom. The summed E-state index contributed by atoms with van der Waals surface area (Å²) in [7, 11) is 0. The molecule has 12 heteroatoms. The van der Waals surface area contributed by atoms with Gasteiger partial charge in [0.1, 0.15) is 6.04 Å². The summed E-state index contributed by atoms with van der Waals surface area (Å²) < 4.78 is 0. The van der Waals surface area contributed by atoms with Gasteiger partial charge in [-0.1, -0.05) is 0 Å². The van der Waals surface area contributed by atoms with Crippen molar-refractivity contribution >= 4 is 36.3 Å². The number of hydrogen-bond acceptors (Lipinski definition) is 8. The Morgan fingerprint density at radius 1 is 1.11 bits per heavy atom. The highest BCUT2D eigenvalue weighted by atomic mass is 32.1. The van der Waals surface area contributed by atoms with E-state index >= 15 is 0 Å². The average molecular weight is 407 g/mol. The van der Waals surface area contributed by atoms with Crippen LogP contribution in [-0.2, 0) is 19.2 Å². The summed E-state index contributed by atoms with van der Waals surface area (Å²) in [5.74, 6) is -3.28. The number of aliphatic hydroxyl groups is 1. The number of nitrogens with two attached hydrogens (primary N) is 2. The molecule has 0 aliphatic carbocycles. The monoisotopic (exact) mass is 407 g/mol. The highest BCUT2D eigenvalue weighted by Crippen LogP contribution is 2.02. The molecule has 3 amide bonds. The maximum atomic E-state index is 12.3. The molecule has 9 N–H and O–H groups in total. The molecule has 0 heterocycles. The van der Waals surface area contributed by atoms with Gasteiger partial charge in [-0.25, -0.2) is 4.79 Å². The number of unbranched alkanes of at least 4 members (excludes halogenated alkanes) is 1. The number of carbonyl (C=O) groups excluding carboxylic acids is 3. The van der Waals surface area contributed by atoms with Crippen LogP contribution in [0.15, 0.2) is 0 Å². The lowest BCUT2D eigenvalue weighted by Crippen LogP contribution is -2.54. The van der Waals surface area contributed by atoms with E-state index in [-0.39, 0.29) is 5.75 Å². The van der Waals surface area contributed by atoms with Crippen LogP contribution in [0.5, 0.6) is 0 Å². The zero-order valence-electron chi connectivity index (χ0n) is 15.2. The van der Waals surface area contributed by atoms with Gasteiger partial charge in [0, 0.05) is 5.75 Å². The lowest BCUT2D eigenvalue weighted by atomic mass is 10.1. The summed E-state index contributed by atoms with van der Waals surface area (Å²) in [6.07, 6.45) is 0.197. The molecule has 0 aliphatic heterocycles. The van der Waals surface area contributed by atoms with Gasteiger partial charge in [0.05, 0.1) is 18.7 Å². The van der Waals surface area contributed by atoms with Gasteiger partial charge in [-0.05, 0) is 32.7 Å². The van der Waals surface area contributed by atoms with Gasteiger partial charge in [-0.3, -0.25) is 14.4 Å². The predicted molar refractivity (Wildman–Crippen MR) is 101 cm³/mol. The van der Waals surface area contributed by atoms with Crippen molar-refractivity contribution in [1.82, 2.24) is 16.0 Å². The average Bonchev–Trinajstić information content (AvgIpc) is 2.61. The highest BCUT2D eigenvalue weighted by Gasteiger charge is 2.26. The van der Waals surface area contributed by atoms with E-state index in [4.69, 9.17) is 16.6 Å². The van der Waals surface area contributed by atoms with Crippen molar-refractivity contribution < 1.29 is 29.4 Å². The zero-order chi connectivity index (χ0) is 21.0. The Labute approximate surface area is 163 Å². The molecule has 11 nitrogen and oxygen atoms in total. The number of nitrogens with one attached hydrogen (secondary N) is 3. The summed E-state index contributed by atoms with van der Waals surface area (Å²) in [6, 6.07) is -3.30. The van der Waals surface area contributed by atoms with Crippen molar-refractivity contribution in [1.29, 1.82) is 0 Å². The number of carboxylic acid groups (broad SMARTS) is 1. The molecule has 0 fully saturated rings. The Balaban J connectivity index is 4.74. The van der Waals surface area contributed by atoms with Crippen LogP contribution in [0, 0.1) is 0 Å². The molecular formula is C15H29N5O6S. The molecule has 4 unspecified atom stereocenters. The van der Waals surface area contributed by atoms with Crippen LogP contribution in [0.1, 0.15) is 26.2 Å². The predicted octanol–water partition coefficient (Wildman–Crippen LogP) is -3.08. The molecule has 0 spiro atoms. The van der Waals surface area contributed by atoms with Crippen LogP contribution in [0.4, 0.5) is 0 Å². The van der Waals surface area contributed by atoms with Crippen LogP contribution in [0.25, 0.3) is 0 Å². The molecule has 0 aromatic rings. The van der Waals surface area contributed by atoms with E-state index in [9.17, 15) is 24.3 Å². The largest absolute Gasteiger partial charge is 0.480 e. The fraction of sp³-hybridized carbons (Fsp3) is 0.733. The molecule has 0 aliphatic rings. The molecule has 0 aromatic carbocycles. The Bertz CT molecular complexity index is 519. The highest BCUT2D eigenvalue weighted by molar-refractivity contribution is 7.80. The van der Waals surface area contributed by atoms with Crippen LogP contribution >= 0.6 is 12.6 Å².